The first-order chi connectivity index (χ1) is 10.8. The molecular weight excluding hydrogens is 358 g/mol. The first-order valence-electron chi connectivity index (χ1n) is 7.79. The van der Waals surface area contributed by atoms with Crippen molar-refractivity contribution < 1.29 is 4.79 Å². The highest BCUT2D eigenvalue weighted by Crippen LogP contribution is 2.17. The predicted octanol–water partition coefficient (Wildman–Crippen LogP) is 2.84. The second kappa shape index (κ2) is 7.29. The summed E-state index contributed by atoms with van der Waals surface area (Å²) in [5, 5.41) is 8.77. The Morgan fingerprint density at radius 2 is 1.96 bits per heavy atom. The monoisotopic (exact) mass is 381 g/mol. The normalized spacial score (nSPS) is 11.0. The van der Waals surface area contributed by atoms with Crippen molar-refractivity contribution in [3.63, 3.8) is 0 Å². The van der Waals surface area contributed by atoms with Gasteiger partial charge in [0, 0.05) is 50.1 Å². The Morgan fingerprint density at radius 1 is 1.26 bits per heavy atom. The summed E-state index contributed by atoms with van der Waals surface area (Å²) < 4.78 is 4.80. The number of amides is 1. The highest BCUT2D eigenvalue weighted by atomic mass is 79.9. The van der Waals surface area contributed by atoms with Gasteiger partial charge in [-0.3, -0.25) is 14.2 Å². The number of hydrogen-bond acceptors (Lipinski definition) is 3. The molecule has 0 aliphatic heterocycles. The maximum Gasteiger partial charge on any atom is 0.224 e. The summed E-state index contributed by atoms with van der Waals surface area (Å²) in [4.78, 5) is 14.2. The van der Waals surface area contributed by atoms with Crippen LogP contribution in [0.4, 0.5) is 0 Å². The fourth-order valence-electron chi connectivity index (χ4n) is 2.64. The van der Waals surface area contributed by atoms with Crippen LogP contribution in [0.5, 0.6) is 0 Å². The van der Waals surface area contributed by atoms with Gasteiger partial charge in [-0.1, -0.05) is 0 Å². The second-order valence-corrected chi connectivity index (χ2v) is 6.62. The van der Waals surface area contributed by atoms with Crippen molar-refractivity contribution >= 4 is 21.8 Å². The molecule has 6 nitrogen and oxygen atoms in total. The smallest absolute Gasteiger partial charge is 0.224 e. The Labute approximate surface area is 145 Å². The Morgan fingerprint density at radius 3 is 2.48 bits per heavy atom. The van der Waals surface area contributed by atoms with Crippen LogP contribution in [0.3, 0.4) is 0 Å². The average Bonchev–Trinajstić information content (AvgIpc) is 2.99. The van der Waals surface area contributed by atoms with E-state index in [9.17, 15) is 4.79 Å². The van der Waals surface area contributed by atoms with Crippen molar-refractivity contribution in [3.8, 4) is 0 Å². The zero-order chi connectivity index (χ0) is 17.1. The third-order valence-electron chi connectivity index (χ3n) is 4.23. The number of nitrogens with zero attached hydrogens (tertiary/aromatic N) is 5. The summed E-state index contributed by atoms with van der Waals surface area (Å²) in [6.07, 6.45) is 2.20. The number of rotatable bonds is 6. The van der Waals surface area contributed by atoms with Crippen LogP contribution < -0.4 is 0 Å². The zero-order valence-corrected chi connectivity index (χ0v) is 16.0. The minimum atomic E-state index is 0.110. The Hall–Kier alpha value is -1.63. The lowest BCUT2D eigenvalue weighted by Crippen LogP contribution is -2.27. The quantitative estimate of drug-likeness (QED) is 0.772. The van der Waals surface area contributed by atoms with E-state index in [4.69, 9.17) is 0 Å². The van der Waals surface area contributed by atoms with E-state index in [1.807, 2.05) is 30.3 Å². The van der Waals surface area contributed by atoms with E-state index in [0.29, 0.717) is 19.5 Å². The van der Waals surface area contributed by atoms with Crippen LogP contribution in [0, 0.1) is 20.8 Å². The Kier molecular flexibility index (Phi) is 5.62. The molecule has 0 fully saturated rings. The van der Waals surface area contributed by atoms with Gasteiger partial charge in [0.15, 0.2) is 0 Å². The Bertz CT molecular complexity index is 704. The van der Waals surface area contributed by atoms with Gasteiger partial charge in [0.1, 0.15) is 0 Å². The number of carbonyl (C=O) groups is 1. The van der Waals surface area contributed by atoms with Crippen LogP contribution in [0.15, 0.2) is 10.7 Å². The molecule has 0 N–H and O–H groups in total. The predicted molar refractivity (Wildman–Crippen MR) is 93.1 cm³/mol. The van der Waals surface area contributed by atoms with Crippen molar-refractivity contribution in [3.05, 3.63) is 33.3 Å². The van der Waals surface area contributed by atoms with Crippen molar-refractivity contribution in [1.29, 1.82) is 0 Å². The van der Waals surface area contributed by atoms with E-state index in [1.54, 1.807) is 11.1 Å². The lowest BCUT2D eigenvalue weighted by atomic mass is 10.2. The van der Waals surface area contributed by atoms with Crippen LogP contribution in [-0.2, 0) is 24.4 Å². The largest absolute Gasteiger partial charge is 0.341 e. The molecule has 0 aliphatic carbocycles. The van der Waals surface area contributed by atoms with Crippen molar-refractivity contribution in [1.82, 2.24) is 24.5 Å². The number of hydrogen-bond donors (Lipinski definition) is 0. The molecule has 0 radical (unpaired) electrons. The SMILES string of the molecule is CCn1nc(C)c(CN(C)C(=O)CCn2ncc(Br)c2C)c1C. The average molecular weight is 382 g/mol. The van der Waals surface area contributed by atoms with Gasteiger partial charge in [0.2, 0.25) is 5.91 Å². The summed E-state index contributed by atoms with van der Waals surface area (Å²) in [5.41, 5.74) is 4.31. The molecule has 23 heavy (non-hydrogen) atoms. The molecule has 0 unspecified atom stereocenters. The second-order valence-electron chi connectivity index (χ2n) is 5.77. The minimum absolute atomic E-state index is 0.110. The molecule has 0 aromatic carbocycles. The fourth-order valence-corrected chi connectivity index (χ4v) is 2.93. The Balaban J connectivity index is 1.98. The molecule has 0 spiro atoms. The zero-order valence-electron chi connectivity index (χ0n) is 14.4. The standard InChI is InChI=1S/C16H24BrN5O/c1-6-21-12(3)14(11(2)19-21)10-20(5)16(23)7-8-22-13(4)15(17)9-18-22/h9H,6-8,10H2,1-5H3. The van der Waals surface area contributed by atoms with Crippen LogP contribution in [0.2, 0.25) is 0 Å². The molecule has 2 aromatic heterocycles. The molecule has 2 heterocycles. The van der Waals surface area contributed by atoms with Gasteiger partial charge < -0.3 is 4.90 Å². The van der Waals surface area contributed by atoms with Gasteiger partial charge in [0.05, 0.1) is 16.4 Å². The van der Waals surface area contributed by atoms with E-state index in [0.717, 1.165) is 33.7 Å². The molecule has 2 rings (SSSR count). The van der Waals surface area contributed by atoms with E-state index < -0.39 is 0 Å². The third-order valence-corrected chi connectivity index (χ3v) is 5.01. The van der Waals surface area contributed by atoms with Crippen LogP contribution in [-0.4, -0.2) is 37.4 Å². The van der Waals surface area contributed by atoms with Crippen molar-refractivity contribution in [2.75, 3.05) is 7.05 Å². The molecule has 0 saturated carbocycles. The number of carbonyl (C=O) groups excluding carboxylic acids is 1. The summed E-state index contributed by atoms with van der Waals surface area (Å²) in [6.45, 7) is 10.1. The lowest BCUT2D eigenvalue weighted by molar-refractivity contribution is -0.130. The van der Waals surface area contributed by atoms with Crippen LogP contribution in [0.1, 0.15) is 36.0 Å². The van der Waals surface area contributed by atoms with Gasteiger partial charge in [-0.05, 0) is 43.6 Å². The molecule has 0 bridgehead atoms. The van der Waals surface area contributed by atoms with Gasteiger partial charge in [-0.15, -0.1) is 0 Å². The molecular formula is C16H24BrN5O. The van der Waals surface area contributed by atoms with E-state index >= 15 is 0 Å². The summed E-state index contributed by atoms with van der Waals surface area (Å²) in [6, 6.07) is 0. The lowest BCUT2D eigenvalue weighted by Gasteiger charge is -2.18. The molecule has 126 valence electrons. The number of halogens is 1. The van der Waals surface area contributed by atoms with Gasteiger partial charge >= 0.3 is 0 Å². The van der Waals surface area contributed by atoms with Crippen LogP contribution >= 0.6 is 15.9 Å². The highest BCUT2D eigenvalue weighted by Gasteiger charge is 2.16. The molecule has 7 heteroatoms. The summed E-state index contributed by atoms with van der Waals surface area (Å²) >= 11 is 3.43. The minimum Gasteiger partial charge on any atom is -0.341 e. The van der Waals surface area contributed by atoms with Crippen molar-refractivity contribution in [2.24, 2.45) is 0 Å². The topological polar surface area (TPSA) is 56.0 Å². The number of aryl methyl sites for hydroxylation is 3. The molecule has 0 aliphatic rings. The third kappa shape index (κ3) is 3.83. The van der Waals surface area contributed by atoms with Crippen molar-refractivity contribution in [2.45, 2.75) is 53.8 Å². The molecule has 2 aromatic rings. The van der Waals surface area contributed by atoms with Gasteiger partial charge in [-0.2, -0.15) is 10.2 Å². The molecule has 1 amide bonds. The first-order valence-corrected chi connectivity index (χ1v) is 8.59. The van der Waals surface area contributed by atoms with Gasteiger partial charge in [0.25, 0.3) is 0 Å². The maximum atomic E-state index is 12.4. The fraction of sp³-hybridized carbons (Fsp3) is 0.562. The maximum absolute atomic E-state index is 12.4. The molecule has 0 saturated heterocycles. The summed E-state index contributed by atoms with van der Waals surface area (Å²) in [5.74, 6) is 0.110. The van der Waals surface area contributed by atoms with E-state index in [2.05, 4.69) is 40.0 Å². The summed E-state index contributed by atoms with van der Waals surface area (Å²) in [7, 11) is 1.84. The highest BCUT2D eigenvalue weighted by molar-refractivity contribution is 9.10. The van der Waals surface area contributed by atoms with E-state index in [-0.39, 0.29) is 5.91 Å². The van der Waals surface area contributed by atoms with Gasteiger partial charge in [-0.25, -0.2) is 0 Å². The van der Waals surface area contributed by atoms with Crippen LogP contribution in [0.25, 0.3) is 0 Å². The molecule has 0 atom stereocenters. The van der Waals surface area contributed by atoms with E-state index in [1.165, 1.54) is 0 Å². The first kappa shape index (κ1) is 17.7. The number of aromatic nitrogens is 4.